The number of carbonyl (C=O) groups is 1. The van der Waals surface area contributed by atoms with Crippen LogP contribution in [0.25, 0.3) is 11.0 Å². The van der Waals surface area contributed by atoms with Crippen molar-refractivity contribution in [1.29, 1.82) is 0 Å². The molecule has 2 aromatic carbocycles. The van der Waals surface area contributed by atoms with Gasteiger partial charge in [0.1, 0.15) is 5.75 Å². The number of benzene rings is 2. The first-order valence-electron chi connectivity index (χ1n) is 7.60. The van der Waals surface area contributed by atoms with E-state index in [1.54, 1.807) is 30.3 Å². The number of para-hydroxylation sites is 1. The average molecular weight is 379 g/mol. The number of nitrogens with one attached hydrogen (secondary N) is 3. The molecule has 0 unspecified atom stereocenters. The molecule has 3 rings (SSSR count). The first-order valence-corrected chi connectivity index (χ1v) is 8.36. The molecule has 0 atom stereocenters. The fraction of sp³-hybridized carbons (Fsp3) is 0.176. The van der Waals surface area contributed by atoms with Gasteiger partial charge in [-0.1, -0.05) is 29.3 Å². The van der Waals surface area contributed by atoms with Gasteiger partial charge >= 0.3 is 0 Å². The average Bonchev–Trinajstić information content (AvgIpc) is 2.98. The quantitative estimate of drug-likeness (QED) is 0.615. The molecule has 0 radical (unpaired) electrons. The van der Waals surface area contributed by atoms with Crippen LogP contribution in [0, 0.1) is 0 Å². The van der Waals surface area contributed by atoms with Crippen molar-refractivity contribution >= 4 is 51.8 Å². The number of methoxy groups -OCH3 is 1. The molecule has 130 valence electrons. The van der Waals surface area contributed by atoms with Gasteiger partial charge < -0.3 is 20.4 Å². The molecule has 0 saturated carbocycles. The molecule has 3 N–H and O–H groups in total. The summed E-state index contributed by atoms with van der Waals surface area (Å²) in [7, 11) is 1.52. The van der Waals surface area contributed by atoms with Crippen LogP contribution in [0.1, 0.15) is 17.3 Å². The SMILES string of the molecule is CCNC(=O)c1cc2nc(Nc3c(Cl)cccc3Cl)[nH]c2cc1OC. The standard InChI is InChI=1S/C17H16Cl2N4O2/c1-3-20-16(24)9-7-12-13(8-14(9)25-2)22-17(21-12)23-15-10(18)5-4-6-11(15)19/h4-8H,3H2,1-2H3,(H,20,24)(H2,21,22,23). The van der Waals surface area contributed by atoms with E-state index in [0.29, 0.717) is 45.1 Å². The molecule has 3 aromatic rings. The molecule has 8 heteroatoms. The third kappa shape index (κ3) is 3.50. The zero-order valence-electron chi connectivity index (χ0n) is 13.6. The van der Waals surface area contributed by atoms with E-state index in [4.69, 9.17) is 27.9 Å². The molecule has 6 nitrogen and oxygen atoms in total. The van der Waals surface area contributed by atoms with Gasteiger partial charge in [0.2, 0.25) is 5.95 Å². The van der Waals surface area contributed by atoms with Crippen LogP contribution in [0.4, 0.5) is 11.6 Å². The second kappa shape index (κ2) is 7.21. The van der Waals surface area contributed by atoms with Gasteiger partial charge in [0.15, 0.2) is 0 Å². The van der Waals surface area contributed by atoms with Gasteiger partial charge in [-0.25, -0.2) is 4.98 Å². The Balaban J connectivity index is 2.01. The van der Waals surface area contributed by atoms with Gasteiger partial charge in [0.05, 0.1) is 39.4 Å². The van der Waals surface area contributed by atoms with E-state index < -0.39 is 0 Å². The maximum Gasteiger partial charge on any atom is 0.255 e. The Morgan fingerprint density at radius 3 is 2.64 bits per heavy atom. The lowest BCUT2D eigenvalue weighted by Crippen LogP contribution is -2.23. The lowest BCUT2D eigenvalue weighted by atomic mass is 10.1. The smallest absolute Gasteiger partial charge is 0.255 e. The van der Waals surface area contributed by atoms with Crippen LogP contribution in [-0.2, 0) is 0 Å². The molecule has 0 aliphatic carbocycles. The number of ether oxygens (including phenoxy) is 1. The second-order valence-corrected chi connectivity index (χ2v) is 6.05. The van der Waals surface area contributed by atoms with Crippen LogP contribution < -0.4 is 15.4 Å². The molecule has 1 amide bonds. The van der Waals surface area contributed by atoms with Crippen LogP contribution >= 0.6 is 23.2 Å². The summed E-state index contributed by atoms with van der Waals surface area (Å²) in [6.45, 7) is 2.38. The molecule has 0 aliphatic rings. The topological polar surface area (TPSA) is 79.0 Å². The fourth-order valence-electron chi connectivity index (χ4n) is 2.43. The Kier molecular flexibility index (Phi) is 5.01. The summed E-state index contributed by atoms with van der Waals surface area (Å²) in [5.74, 6) is 0.706. The van der Waals surface area contributed by atoms with Gasteiger partial charge in [-0.3, -0.25) is 4.79 Å². The molecule has 0 aliphatic heterocycles. The third-order valence-corrected chi connectivity index (χ3v) is 4.22. The molecule has 25 heavy (non-hydrogen) atoms. The van der Waals surface area contributed by atoms with E-state index in [2.05, 4.69) is 20.6 Å². The number of anilines is 2. The zero-order valence-corrected chi connectivity index (χ0v) is 15.1. The van der Waals surface area contributed by atoms with Gasteiger partial charge in [-0.15, -0.1) is 0 Å². The van der Waals surface area contributed by atoms with E-state index in [-0.39, 0.29) is 5.91 Å². The van der Waals surface area contributed by atoms with Crippen molar-refractivity contribution in [1.82, 2.24) is 15.3 Å². The number of carbonyl (C=O) groups excluding carboxylic acids is 1. The molecule has 1 aromatic heterocycles. The number of H-pyrrole nitrogens is 1. The number of rotatable bonds is 5. The first kappa shape index (κ1) is 17.4. The van der Waals surface area contributed by atoms with Crippen molar-refractivity contribution in [3.63, 3.8) is 0 Å². The molecule has 0 saturated heterocycles. The molecule has 0 spiro atoms. The first-order chi connectivity index (χ1) is 12.0. The Morgan fingerprint density at radius 1 is 1.28 bits per heavy atom. The minimum Gasteiger partial charge on any atom is -0.496 e. The largest absolute Gasteiger partial charge is 0.496 e. The van der Waals surface area contributed by atoms with Crippen molar-refractivity contribution in [2.45, 2.75) is 6.92 Å². The van der Waals surface area contributed by atoms with Crippen LogP contribution in [0.15, 0.2) is 30.3 Å². The summed E-state index contributed by atoms with van der Waals surface area (Å²) < 4.78 is 5.32. The maximum absolute atomic E-state index is 12.2. The van der Waals surface area contributed by atoms with Crippen LogP contribution in [-0.4, -0.2) is 29.5 Å². The van der Waals surface area contributed by atoms with Crippen molar-refractivity contribution in [2.24, 2.45) is 0 Å². The normalized spacial score (nSPS) is 10.7. The minimum atomic E-state index is -0.215. The number of aromatic amines is 1. The number of aromatic nitrogens is 2. The molecular formula is C17H16Cl2N4O2. The van der Waals surface area contributed by atoms with Crippen molar-refractivity contribution in [3.8, 4) is 5.75 Å². The number of fused-ring (bicyclic) bond motifs is 1. The van der Waals surface area contributed by atoms with Gasteiger partial charge in [-0.05, 0) is 25.1 Å². The van der Waals surface area contributed by atoms with Crippen LogP contribution in [0.5, 0.6) is 5.75 Å². The number of hydrogen-bond donors (Lipinski definition) is 3. The number of imidazole rings is 1. The Hall–Kier alpha value is -2.44. The van der Waals surface area contributed by atoms with E-state index in [1.165, 1.54) is 7.11 Å². The summed E-state index contributed by atoms with van der Waals surface area (Å²) in [6.07, 6.45) is 0. The highest BCUT2D eigenvalue weighted by atomic mass is 35.5. The van der Waals surface area contributed by atoms with E-state index in [0.717, 1.165) is 5.52 Å². The highest BCUT2D eigenvalue weighted by Crippen LogP contribution is 2.33. The number of nitrogens with zero attached hydrogens (tertiary/aromatic N) is 1. The molecule has 1 heterocycles. The highest BCUT2D eigenvalue weighted by molar-refractivity contribution is 6.39. The maximum atomic E-state index is 12.2. The lowest BCUT2D eigenvalue weighted by molar-refractivity contribution is 0.0953. The van der Waals surface area contributed by atoms with E-state index >= 15 is 0 Å². The van der Waals surface area contributed by atoms with E-state index in [1.807, 2.05) is 6.92 Å². The number of halogens is 2. The minimum absolute atomic E-state index is 0.215. The van der Waals surface area contributed by atoms with Crippen molar-refractivity contribution in [2.75, 3.05) is 19.0 Å². The number of amides is 1. The Labute approximate surface area is 154 Å². The van der Waals surface area contributed by atoms with Gasteiger partial charge in [-0.2, -0.15) is 0 Å². The van der Waals surface area contributed by atoms with Crippen LogP contribution in [0.3, 0.4) is 0 Å². The van der Waals surface area contributed by atoms with E-state index in [9.17, 15) is 4.79 Å². The Bertz CT molecular complexity index is 920. The van der Waals surface area contributed by atoms with Crippen molar-refractivity contribution < 1.29 is 9.53 Å². The fourth-order valence-corrected chi connectivity index (χ4v) is 2.93. The predicted octanol–water partition coefficient (Wildman–Crippen LogP) is 4.37. The predicted molar refractivity (Wildman–Crippen MR) is 100 cm³/mol. The van der Waals surface area contributed by atoms with Crippen LogP contribution in [0.2, 0.25) is 10.0 Å². The lowest BCUT2D eigenvalue weighted by Gasteiger charge is -2.07. The monoisotopic (exact) mass is 378 g/mol. The van der Waals surface area contributed by atoms with Gasteiger partial charge in [0.25, 0.3) is 5.91 Å². The second-order valence-electron chi connectivity index (χ2n) is 5.24. The zero-order chi connectivity index (χ0) is 18.0. The Morgan fingerprint density at radius 2 is 2.00 bits per heavy atom. The molecular weight excluding hydrogens is 363 g/mol. The molecule has 0 fully saturated rings. The highest BCUT2D eigenvalue weighted by Gasteiger charge is 2.16. The van der Waals surface area contributed by atoms with Gasteiger partial charge in [0, 0.05) is 12.6 Å². The summed E-state index contributed by atoms with van der Waals surface area (Å²) in [5.41, 5.74) is 2.31. The summed E-state index contributed by atoms with van der Waals surface area (Å²) in [4.78, 5) is 19.7. The summed E-state index contributed by atoms with van der Waals surface area (Å²) in [6, 6.07) is 8.63. The molecule has 0 bridgehead atoms. The summed E-state index contributed by atoms with van der Waals surface area (Å²) in [5, 5.41) is 6.78. The van der Waals surface area contributed by atoms with Crippen molar-refractivity contribution in [3.05, 3.63) is 45.9 Å². The number of hydrogen-bond acceptors (Lipinski definition) is 4. The third-order valence-electron chi connectivity index (χ3n) is 3.59. The summed E-state index contributed by atoms with van der Waals surface area (Å²) >= 11 is 12.3.